The number of hydrogen-bond acceptors (Lipinski definition) is 3. The van der Waals surface area contributed by atoms with Gasteiger partial charge < -0.3 is 0 Å². The van der Waals surface area contributed by atoms with Gasteiger partial charge in [0.1, 0.15) is 5.82 Å². The highest BCUT2D eigenvalue weighted by molar-refractivity contribution is 5.97. The summed E-state index contributed by atoms with van der Waals surface area (Å²) in [6, 6.07) is 5.79. The van der Waals surface area contributed by atoms with Crippen LogP contribution in [0.4, 0.5) is 4.39 Å². The Morgan fingerprint density at radius 1 is 1.10 bits per heavy atom. The molecular formula is C16H23FN2O. The van der Waals surface area contributed by atoms with Crippen LogP contribution in [-0.4, -0.2) is 53.8 Å². The van der Waals surface area contributed by atoms with Crippen LogP contribution >= 0.6 is 0 Å². The molecule has 1 saturated heterocycles. The van der Waals surface area contributed by atoms with Crippen LogP contribution in [0.3, 0.4) is 0 Å². The average molecular weight is 278 g/mol. The summed E-state index contributed by atoms with van der Waals surface area (Å²) >= 11 is 0. The van der Waals surface area contributed by atoms with E-state index in [0.717, 1.165) is 26.2 Å². The Kier molecular flexibility index (Phi) is 4.55. The van der Waals surface area contributed by atoms with E-state index in [9.17, 15) is 9.18 Å². The highest BCUT2D eigenvalue weighted by atomic mass is 19.1. The molecule has 0 atom stereocenters. The van der Waals surface area contributed by atoms with Crippen LogP contribution in [0.5, 0.6) is 0 Å². The topological polar surface area (TPSA) is 23.6 Å². The molecule has 4 heteroatoms. The molecule has 1 aromatic rings. The molecule has 20 heavy (non-hydrogen) atoms. The van der Waals surface area contributed by atoms with Crippen molar-refractivity contribution in [1.29, 1.82) is 0 Å². The highest BCUT2D eigenvalue weighted by Crippen LogP contribution is 2.16. The number of benzene rings is 1. The molecule has 0 N–H and O–H groups in total. The number of carbonyl (C=O) groups is 1. The van der Waals surface area contributed by atoms with E-state index in [-0.39, 0.29) is 17.1 Å². The summed E-state index contributed by atoms with van der Waals surface area (Å²) in [5.41, 5.74) is 0.775. The van der Waals surface area contributed by atoms with Crippen molar-refractivity contribution < 1.29 is 9.18 Å². The minimum absolute atomic E-state index is 0.0641. The third-order valence-electron chi connectivity index (χ3n) is 3.85. The number of halogens is 1. The van der Waals surface area contributed by atoms with Gasteiger partial charge in [0.2, 0.25) is 0 Å². The van der Waals surface area contributed by atoms with Gasteiger partial charge >= 0.3 is 0 Å². The zero-order chi connectivity index (χ0) is 14.8. The number of rotatable bonds is 3. The van der Waals surface area contributed by atoms with Crippen molar-refractivity contribution in [3.63, 3.8) is 0 Å². The summed E-state index contributed by atoms with van der Waals surface area (Å²) in [6.07, 6.45) is 0. The summed E-state index contributed by atoms with van der Waals surface area (Å²) in [5, 5.41) is 0. The van der Waals surface area contributed by atoms with Crippen LogP contribution in [0.1, 0.15) is 31.1 Å². The van der Waals surface area contributed by atoms with Crippen LogP contribution in [0, 0.1) is 5.82 Å². The summed E-state index contributed by atoms with van der Waals surface area (Å²) in [6.45, 7) is 10.9. The van der Waals surface area contributed by atoms with Crippen molar-refractivity contribution in [2.45, 2.75) is 26.3 Å². The average Bonchev–Trinajstić information content (AvgIpc) is 2.39. The molecule has 0 bridgehead atoms. The van der Waals surface area contributed by atoms with Crippen LogP contribution in [0.25, 0.3) is 0 Å². The van der Waals surface area contributed by atoms with E-state index in [0.29, 0.717) is 12.1 Å². The standard InChI is InChI=1S/C16H23FN2O/c1-16(2,3)19-10-8-18(9-11-19)12-15(20)13-4-6-14(17)7-5-13/h4-7H,8-12H2,1-3H3. The van der Waals surface area contributed by atoms with Crippen molar-refractivity contribution in [3.8, 4) is 0 Å². The molecule has 3 nitrogen and oxygen atoms in total. The van der Waals surface area contributed by atoms with E-state index in [2.05, 4.69) is 30.6 Å². The molecule has 1 aliphatic heterocycles. The number of piperazine rings is 1. The third kappa shape index (κ3) is 3.87. The number of Topliss-reactive ketones (excluding diaryl/α,β-unsaturated/α-hetero) is 1. The van der Waals surface area contributed by atoms with Gasteiger partial charge in [0, 0.05) is 37.3 Å². The lowest BCUT2D eigenvalue weighted by Crippen LogP contribution is -2.54. The zero-order valence-electron chi connectivity index (χ0n) is 12.5. The van der Waals surface area contributed by atoms with Crippen LogP contribution in [0.15, 0.2) is 24.3 Å². The monoisotopic (exact) mass is 278 g/mol. The molecule has 0 radical (unpaired) electrons. The largest absolute Gasteiger partial charge is 0.296 e. The van der Waals surface area contributed by atoms with E-state index in [4.69, 9.17) is 0 Å². The maximum absolute atomic E-state index is 12.8. The lowest BCUT2D eigenvalue weighted by Gasteiger charge is -2.42. The maximum atomic E-state index is 12.8. The van der Waals surface area contributed by atoms with Crippen molar-refractivity contribution in [1.82, 2.24) is 9.80 Å². The van der Waals surface area contributed by atoms with E-state index in [1.54, 1.807) is 12.1 Å². The molecule has 0 amide bonds. The smallest absolute Gasteiger partial charge is 0.176 e. The third-order valence-corrected chi connectivity index (χ3v) is 3.85. The molecule has 0 aliphatic carbocycles. The summed E-state index contributed by atoms with van der Waals surface area (Å²) in [4.78, 5) is 16.7. The van der Waals surface area contributed by atoms with Gasteiger partial charge in [-0.25, -0.2) is 4.39 Å². The number of nitrogens with zero attached hydrogens (tertiary/aromatic N) is 2. The molecule has 0 saturated carbocycles. The molecule has 1 fully saturated rings. The Morgan fingerprint density at radius 2 is 1.65 bits per heavy atom. The van der Waals surface area contributed by atoms with E-state index in [1.807, 2.05) is 0 Å². The molecule has 110 valence electrons. The van der Waals surface area contributed by atoms with Crippen LogP contribution in [-0.2, 0) is 0 Å². The van der Waals surface area contributed by atoms with Gasteiger partial charge in [-0.3, -0.25) is 14.6 Å². The highest BCUT2D eigenvalue weighted by Gasteiger charge is 2.26. The fourth-order valence-corrected chi connectivity index (χ4v) is 2.51. The van der Waals surface area contributed by atoms with Crippen LogP contribution < -0.4 is 0 Å². The second-order valence-corrected chi connectivity index (χ2v) is 6.36. The molecular weight excluding hydrogens is 255 g/mol. The first-order chi connectivity index (χ1) is 9.36. The molecule has 0 aromatic heterocycles. The molecule has 0 spiro atoms. The predicted molar refractivity (Wildman–Crippen MR) is 78.5 cm³/mol. The Hall–Kier alpha value is -1.26. The molecule has 1 aliphatic rings. The van der Waals surface area contributed by atoms with Gasteiger partial charge in [-0.15, -0.1) is 0 Å². The molecule has 2 rings (SSSR count). The number of carbonyl (C=O) groups excluding carboxylic acids is 1. The van der Waals surface area contributed by atoms with Crippen molar-refractivity contribution in [2.24, 2.45) is 0 Å². The van der Waals surface area contributed by atoms with E-state index < -0.39 is 0 Å². The van der Waals surface area contributed by atoms with Crippen molar-refractivity contribution in [3.05, 3.63) is 35.6 Å². The Bertz CT molecular complexity index is 456. The normalized spacial score (nSPS) is 18.2. The lowest BCUT2D eigenvalue weighted by atomic mass is 10.0. The Morgan fingerprint density at radius 3 is 2.15 bits per heavy atom. The molecule has 1 aromatic carbocycles. The van der Waals surface area contributed by atoms with Gasteiger partial charge in [0.15, 0.2) is 5.78 Å². The summed E-state index contributed by atoms with van der Waals surface area (Å²) < 4.78 is 12.8. The molecule has 1 heterocycles. The van der Waals surface area contributed by atoms with Gasteiger partial charge in [-0.1, -0.05) is 0 Å². The SMILES string of the molecule is CC(C)(C)N1CCN(CC(=O)c2ccc(F)cc2)CC1. The first kappa shape index (κ1) is 15.1. The Balaban J connectivity index is 1.86. The minimum atomic E-state index is -0.305. The number of hydrogen-bond donors (Lipinski definition) is 0. The first-order valence-corrected chi connectivity index (χ1v) is 7.12. The van der Waals surface area contributed by atoms with Gasteiger partial charge in [0.05, 0.1) is 6.54 Å². The lowest BCUT2D eigenvalue weighted by molar-refractivity contribution is 0.0579. The zero-order valence-corrected chi connectivity index (χ0v) is 12.5. The first-order valence-electron chi connectivity index (χ1n) is 7.12. The second-order valence-electron chi connectivity index (χ2n) is 6.36. The van der Waals surface area contributed by atoms with Gasteiger partial charge in [-0.05, 0) is 45.0 Å². The van der Waals surface area contributed by atoms with Crippen molar-refractivity contribution >= 4 is 5.78 Å². The van der Waals surface area contributed by atoms with E-state index in [1.165, 1.54) is 12.1 Å². The van der Waals surface area contributed by atoms with Gasteiger partial charge in [-0.2, -0.15) is 0 Å². The minimum Gasteiger partial charge on any atom is -0.296 e. The molecule has 0 unspecified atom stereocenters. The predicted octanol–water partition coefficient (Wildman–Crippen LogP) is 2.42. The van der Waals surface area contributed by atoms with Crippen LogP contribution in [0.2, 0.25) is 0 Å². The Labute approximate surface area is 120 Å². The van der Waals surface area contributed by atoms with E-state index >= 15 is 0 Å². The van der Waals surface area contributed by atoms with Crippen molar-refractivity contribution in [2.75, 3.05) is 32.7 Å². The second kappa shape index (κ2) is 6.02. The quantitative estimate of drug-likeness (QED) is 0.793. The number of ketones is 1. The fraction of sp³-hybridized carbons (Fsp3) is 0.562. The van der Waals surface area contributed by atoms with Gasteiger partial charge in [0.25, 0.3) is 0 Å². The summed E-state index contributed by atoms with van der Waals surface area (Å²) in [5.74, 6) is -0.241. The maximum Gasteiger partial charge on any atom is 0.176 e. The fourth-order valence-electron chi connectivity index (χ4n) is 2.51. The summed E-state index contributed by atoms with van der Waals surface area (Å²) in [7, 11) is 0.